The third-order valence-corrected chi connectivity index (χ3v) is 18.8. The van der Waals surface area contributed by atoms with Crippen LogP contribution < -0.4 is 31.2 Å². The van der Waals surface area contributed by atoms with Crippen LogP contribution in [0.4, 0.5) is 34.1 Å². The fraction of sp³-hybridized carbons (Fsp3) is 0.0649. The highest BCUT2D eigenvalue weighted by Crippen LogP contribution is 2.52. The van der Waals surface area contributed by atoms with Gasteiger partial charge in [0.25, 0.3) is 0 Å². The Morgan fingerprint density at radius 1 is 0.356 bits per heavy atom. The molecule has 1 aliphatic carbocycles. The summed E-state index contributed by atoms with van der Waals surface area (Å²) < 4.78 is 2.42. The smallest absolute Gasteiger partial charge is 0.166 e. The van der Waals surface area contributed by atoms with Crippen LogP contribution in [0.5, 0.6) is 0 Å². The molecule has 17 rings (SSSR count). The summed E-state index contributed by atoms with van der Waals surface area (Å²) in [7, 11) is 0. The van der Waals surface area contributed by atoms with Gasteiger partial charge in [0.05, 0.1) is 37.5 Å². The van der Waals surface area contributed by atoms with Crippen molar-refractivity contribution in [3.63, 3.8) is 0 Å². The van der Waals surface area contributed by atoms with Gasteiger partial charge in [0.15, 0.2) is 12.3 Å². The SMILES string of the molecule is CC1(C)c2ccccc2-c2ccc(-c3cc(-c4ccc(N(c5ccc(C6N=c7ccccc7=N6)cc5)c5ccc(C6N=c7ccccc7=N6)cc5)cc4)c4sc5c(N(c6ccccc6)c6ccc(-n7nc8ccccc8n7)cc6)cccc5c4c3)cc21. The van der Waals surface area contributed by atoms with Gasteiger partial charge in [-0.3, -0.25) is 20.0 Å². The van der Waals surface area contributed by atoms with E-state index in [-0.39, 0.29) is 17.7 Å². The zero-order valence-corrected chi connectivity index (χ0v) is 48.4. The van der Waals surface area contributed by atoms with E-state index in [4.69, 9.17) is 30.2 Å². The standard InChI is InChI=1S/C77H53N9S/c1-77(2)64-19-7-6-17-59(64)60-44-33-51(47-65(60)77)52-45-62(73-63(46-52)61-18-14-26-72(74(61)87-73)85(53-15-4-3-5-16-53)57-40-42-58(43-41-57)86-82-70-24-12-13-25-71(70)83-86)48-27-34-54(35-28-48)84(55-36-29-49(30-37-55)75-78-66-20-8-9-21-67(66)79-75)56-38-31-50(32-39-56)76-80-68-22-10-11-23-69(68)81-76/h3-47,75-76H,1-2H3. The first-order valence-electron chi connectivity index (χ1n) is 29.5. The van der Waals surface area contributed by atoms with Crippen molar-refractivity contribution in [3.8, 4) is 39.1 Å². The molecule has 14 aromatic rings. The van der Waals surface area contributed by atoms with Gasteiger partial charge in [0, 0.05) is 54.9 Å². The fourth-order valence-electron chi connectivity index (χ4n) is 13.1. The summed E-state index contributed by atoms with van der Waals surface area (Å²) in [5.41, 5.74) is 20.8. The topological polar surface area (TPSA) is 86.6 Å². The molecule has 12 aromatic carbocycles. The largest absolute Gasteiger partial charge is 0.311 e. The highest BCUT2D eigenvalue weighted by Gasteiger charge is 2.35. The molecule has 0 atom stereocenters. The Morgan fingerprint density at radius 3 is 1.46 bits per heavy atom. The number of anilines is 6. The third kappa shape index (κ3) is 8.58. The molecule has 87 heavy (non-hydrogen) atoms. The molecule has 0 N–H and O–H groups in total. The van der Waals surface area contributed by atoms with E-state index >= 15 is 0 Å². The van der Waals surface area contributed by atoms with Crippen molar-refractivity contribution in [1.29, 1.82) is 0 Å². The van der Waals surface area contributed by atoms with Crippen molar-refractivity contribution in [2.45, 2.75) is 31.6 Å². The van der Waals surface area contributed by atoms with Crippen molar-refractivity contribution >= 4 is 76.7 Å². The number of aromatic nitrogens is 3. The van der Waals surface area contributed by atoms with Crippen LogP contribution in [-0.4, -0.2) is 15.0 Å². The number of thiophene rings is 1. The summed E-state index contributed by atoms with van der Waals surface area (Å²) in [5, 5.41) is 15.7. The fourth-order valence-corrected chi connectivity index (χ4v) is 14.4. The van der Waals surface area contributed by atoms with Gasteiger partial charge in [-0.05, 0) is 184 Å². The Morgan fingerprint density at radius 2 is 0.851 bits per heavy atom. The van der Waals surface area contributed by atoms with E-state index in [1.807, 2.05) is 84.1 Å². The summed E-state index contributed by atoms with van der Waals surface area (Å²) in [5.74, 6) is 0. The molecule has 3 aliphatic rings. The molecule has 10 heteroatoms. The molecule has 0 unspecified atom stereocenters. The van der Waals surface area contributed by atoms with Gasteiger partial charge >= 0.3 is 0 Å². The lowest BCUT2D eigenvalue weighted by Crippen LogP contribution is -2.19. The lowest BCUT2D eigenvalue weighted by atomic mass is 9.81. The Labute approximate surface area is 505 Å². The molecule has 0 amide bonds. The molecule has 412 valence electrons. The Hall–Kier alpha value is -10.9. The number of para-hydroxylation sites is 5. The molecule has 4 heterocycles. The van der Waals surface area contributed by atoms with Crippen molar-refractivity contribution in [1.82, 2.24) is 15.0 Å². The molecule has 0 spiro atoms. The van der Waals surface area contributed by atoms with E-state index in [9.17, 15) is 0 Å². The van der Waals surface area contributed by atoms with Crippen LogP contribution in [-0.2, 0) is 5.41 Å². The average Bonchev–Trinajstić information content (AvgIpc) is 2.60. The average molecular weight is 1140 g/mol. The van der Waals surface area contributed by atoms with Gasteiger partial charge in [-0.1, -0.05) is 153 Å². The van der Waals surface area contributed by atoms with Gasteiger partial charge in [0.2, 0.25) is 0 Å². The summed E-state index contributed by atoms with van der Waals surface area (Å²) in [4.78, 5) is 26.3. The van der Waals surface area contributed by atoms with E-state index < -0.39 is 0 Å². The molecule has 0 radical (unpaired) electrons. The number of nitrogens with zero attached hydrogens (tertiary/aromatic N) is 9. The maximum Gasteiger partial charge on any atom is 0.166 e. The third-order valence-electron chi connectivity index (χ3n) is 17.5. The number of hydrogen-bond acceptors (Lipinski definition) is 9. The maximum atomic E-state index is 4.96. The molecular formula is C77H53N9S. The van der Waals surface area contributed by atoms with Crippen LogP contribution in [0.2, 0.25) is 0 Å². The molecule has 2 aliphatic heterocycles. The zero-order valence-electron chi connectivity index (χ0n) is 47.6. The molecular weight excluding hydrogens is 1080 g/mol. The molecule has 0 saturated carbocycles. The number of fused-ring (bicyclic) bond motifs is 9. The van der Waals surface area contributed by atoms with Gasteiger partial charge in [-0.25, -0.2) is 0 Å². The minimum atomic E-state index is -0.288. The van der Waals surface area contributed by atoms with E-state index in [2.05, 4.69) is 224 Å². The van der Waals surface area contributed by atoms with Crippen LogP contribution in [0.1, 0.15) is 48.4 Å². The lowest BCUT2D eigenvalue weighted by molar-refractivity contribution is 0.660. The van der Waals surface area contributed by atoms with E-state index in [1.54, 1.807) is 4.80 Å². The Bertz CT molecular complexity index is 5110. The second kappa shape index (κ2) is 20.1. The number of hydrogen-bond donors (Lipinski definition) is 0. The van der Waals surface area contributed by atoms with Gasteiger partial charge in [-0.15, -0.1) is 21.5 Å². The van der Waals surface area contributed by atoms with Crippen molar-refractivity contribution < 1.29 is 0 Å². The van der Waals surface area contributed by atoms with Crippen LogP contribution in [0.25, 0.3) is 70.3 Å². The zero-order chi connectivity index (χ0) is 57.7. The highest BCUT2D eigenvalue weighted by molar-refractivity contribution is 7.27. The van der Waals surface area contributed by atoms with Crippen molar-refractivity contribution in [2.75, 3.05) is 9.80 Å². The van der Waals surface area contributed by atoms with E-state index in [1.165, 1.54) is 59.1 Å². The lowest BCUT2D eigenvalue weighted by Gasteiger charge is -2.26. The highest BCUT2D eigenvalue weighted by atomic mass is 32.1. The summed E-state index contributed by atoms with van der Waals surface area (Å²) in [6.45, 7) is 4.72. The first-order valence-corrected chi connectivity index (χ1v) is 30.3. The second-order valence-corrected chi connectivity index (χ2v) is 24.1. The van der Waals surface area contributed by atoms with E-state index in [0.717, 1.165) is 89.0 Å². The van der Waals surface area contributed by atoms with Gasteiger partial charge in [-0.2, -0.15) is 4.80 Å². The van der Waals surface area contributed by atoms with Gasteiger partial charge in [0.1, 0.15) is 11.0 Å². The predicted molar refractivity (Wildman–Crippen MR) is 353 cm³/mol. The Balaban J connectivity index is 0.803. The number of benzene rings is 12. The summed E-state index contributed by atoms with van der Waals surface area (Å²) >= 11 is 1.86. The van der Waals surface area contributed by atoms with Crippen LogP contribution in [0.15, 0.2) is 293 Å². The minimum absolute atomic E-state index is 0.149. The molecule has 9 nitrogen and oxygen atoms in total. The van der Waals surface area contributed by atoms with Crippen LogP contribution in [0.3, 0.4) is 0 Å². The first kappa shape index (κ1) is 50.6. The molecule has 0 saturated heterocycles. The normalized spacial score (nSPS) is 13.8. The first-order chi connectivity index (χ1) is 42.8. The number of rotatable bonds is 11. The maximum absolute atomic E-state index is 4.96. The van der Waals surface area contributed by atoms with Gasteiger partial charge < -0.3 is 9.80 Å². The quantitative estimate of drug-likeness (QED) is 0.129. The monoisotopic (exact) mass is 1140 g/mol. The minimum Gasteiger partial charge on any atom is -0.311 e. The second-order valence-electron chi connectivity index (χ2n) is 23.1. The summed E-state index contributed by atoms with van der Waals surface area (Å²) in [6, 6.07) is 97.6. The molecule has 2 aromatic heterocycles. The predicted octanol–water partition coefficient (Wildman–Crippen LogP) is 17.3. The van der Waals surface area contributed by atoms with Crippen molar-refractivity contribution in [3.05, 3.63) is 317 Å². The van der Waals surface area contributed by atoms with Crippen molar-refractivity contribution in [2.24, 2.45) is 20.0 Å². The molecule has 0 fully saturated rings. The van der Waals surface area contributed by atoms with E-state index in [0.29, 0.717) is 0 Å². The van der Waals surface area contributed by atoms with Crippen LogP contribution in [0, 0.1) is 0 Å². The summed E-state index contributed by atoms with van der Waals surface area (Å²) in [6.07, 6.45) is -0.576. The van der Waals surface area contributed by atoms with Crippen LogP contribution >= 0.6 is 11.3 Å². The molecule has 0 bridgehead atoms. The Kier molecular flexibility index (Phi) is 11.7.